The lowest BCUT2D eigenvalue weighted by atomic mass is 9.98. The molecule has 0 saturated carbocycles. The molecule has 0 spiro atoms. The van der Waals surface area contributed by atoms with Crippen LogP contribution in [0.1, 0.15) is 44.4 Å². The average Bonchev–Trinajstić information content (AvgIpc) is 2.58. The lowest BCUT2D eigenvalue weighted by Gasteiger charge is -2.51. The molecule has 2 aromatic rings. The van der Waals surface area contributed by atoms with E-state index in [9.17, 15) is 4.89 Å². The second kappa shape index (κ2) is 6.93. The van der Waals surface area contributed by atoms with Crippen LogP contribution in [0, 0.1) is 0 Å². The Kier molecular flexibility index (Phi) is 5.08. The fourth-order valence-corrected chi connectivity index (χ4v) is 5.95. The van der Waals surface area contributed by atoms with Crippen molar-refractivity contribution in [3.8, 4) is 0 Å². The zero-order valence-corrected chi connectivity index (χ0v) is 15.6. The Bertz CT molecular complexity index is 617. The van der Waals surface area contributed by atoms with Gasteiger partial charge >= 0.3 is 0 Å². The van der Waals surface area contributed by atoms with Crippen LogP contribution >= 0.6 is 7.87 Å². The second-order valence-corrected chi connectivity index (χ2v) is 10.4. The fourth-order valence-electron chi connectivity index (χ4n) is 3.29. The summed E-state index contributed by atoms with van der Waals surface area (Å²) in [5, 5.41) is -0.421. The maximum absolute atomic E-state index is 13.9. The van der Waals surface area contributed by atoms with Crippen molar-refractivity contribution < 1.29 is 9.42 Å². The summed E-state index contributed by atoms with van der Waals surface area (Å²) in [5.74, 6) is 0. The topological polar surface area (TPSA) is 35.5 Å². The van der Waals surface area contributed by atoms with Gasteiger partial charge in [0.1, 0.15) is 5.16 Å². The summed E-state index contributed by atoms with van der Waals surface area (Å²) < 4.78 is 8.06. The smallest absolute Gasteiger partial charge is 0.179 e. The normalized spacial score (nSPS) is 22.7. The van der Waals surface area contributed by atoms with E-state index in [2.05, 4.69) is 28.9 Å². The van der Waals surface area contributed by atoms with Crippen LogP contribution in [0.15, 0.2) is 60.7 Å². The highest BCUT2D eigenvalue weighted by atomic mass is 31.2. The van der Waals surface area contributed by atoms with Crippen molar-refractivity contribution in [2.24, 2.45) is 0 Å². The van der Waals surface area contributed by atoms with E-state index in [0.717, 1.165) is 24.1 Å². The molecule has 128 valence electrons. The van der Waals surface area contributed by atoms with E-state index >= 15 is 0 Å². The van der Waals surface area contributed by atoms with E-state index in [1.165, 1.54) is 0 Å². The standard InChI is InChI=1S/C20H26NO2P/c1-20(2,3)24(22)21(15-10-16-23-24)19(17-11-6-4-7-12-17)18-13-8-5-9-14-18/h4-9,11-14,19H,10,15-16H2,1-3H3. The van der Waals surface area contributed by atoms with Crippen LogP contribution in [-0.4, -0.2) is 23.0 Å². The Balaban J connectivity index is 2.11. The van der Waals surface area contributed by atoms with Crippen LogP contribution in [0.3, 0.4) is 0 Å². The first kappa shape index (κ1) is 17.6. The van der Waals surface area contributed by atoms with Crippen molar-refractivity contribution in [1.82, 2.24) is 4.67 Å². The fraction of sp³-hybridized carbons (Fsp3) is 0.400. The van der Waals surface area contributed by atoms with Crippen molar-refractivity contribution >= 4 is 7.87 Å². The molecular formula is C20H26NO2P. The monoisotopic (exact) mass is 343 g/mol. The molecule has 0 radical (unpaired) electrons. The summed E-state index contributed by atoms with van der Waals surface area (Å²) in [5.41, 5.74) is 2.30. The largest absolute Gasteiger partial charge is 0.641 e. The molecule has 1 atom stereocenters. The molecule has 4 heteroatoms. The van der Waals surface area contributed by atoms with Crippen LogP contribution in [0.4, 0.5) is 0 Å². The Labute approximate surface area is 145 Å². The van der Waals surface area contributed by atoms with Gasteiger partial charge in [0.05, 0.1) is 12.6 Å². The molecule has 1 aliphatic heterocycles. The molecule has 0 aliphatic carbocycles. The van der Waals surface area contributed by atoms with Gasteiger partial charge in [0.15, 0.2) is 7.87 Å². The minimum Gasteiger partial charge on any atom is -0.641 e. The zero-order chi connectivity index (χ0) is 17.2. The summed E-state index contributed by atoms with van der Waals surface area (Å²) in [6.45, 7) is 7.39. The molecule has 1 saturated heterocycles. The predicted molar refractivity (Wildman–Crippen MR) is 98.7 cm³/mol. The minimum absolute atomic E-state index is 0.0576. The molecule has 3 nitrogen and oxygen atoms in total. The number of hydrogen-bond donors (Lipinski definition) is 0. The predicted octanol–water partition coefficient (Wildman–Crippen LogP) is 4.42. The quantitative estimate of drug-likeness (QED) is 0.774. The molecular weight excluding hydrogens is 317 g/mol. The molecule has 0 aromatic heterocycles. The summed E-state index contributed by atoms with van der Waals surface area (Å²) in [6.07, 6.45) is 0.899. The first-order valence-corrected chi connectivity index (χ1v) is 10.1. The second-order valence-electron chi connectivity index (χ2n) is 7.26. The van der Waals surface area contributed by atoms with Gasteiger partial charge in [-0.1, -0.05) is 60.7 Å². The molecule has 24 heavy (non-hydrogen) atoms. The van der Waals surface area contributed by atoms with E-state index in [-0.39, 0.29) is 6.04 Å². The SMILES string of the molecule is CC(C)(C)[P+]1([O-])OCCCN1C(c1ccccc1)c1ccccc1. The molecule has 0 N–H and O–H groups in total. The first-order valence-electron chi connectivity index (χ1n) is 8.55. The van der Waals surface area contributed by atoms with Crippen molar-refractivity contribution in [3.05, 3.63) is 71.8 Å². The van der Waals surface area contributed by atoms with Gasteiger partial charge < -0.3 is 4.89 Å². The number of nitrogens with zero attached hydrogens (tertiary/aromatic N) is 1. The lowest BCUT2D eigenvalue weighted by molar-refractivity contribution is -0.218. The van der Waals surface area contributed by atoms with E-state index in [1.807, 2.05) is 57.2 Å². The molecule has 1 aliphatic rings. The highest BCUT2D eigenvalue weighted by Gasteiger charge is 2.53. The Morgan fingerprint density at radius 1 is 0.958 bits per heavy atom. The van der Waals surface area contributed by atoms with E-state index in [0.29, 0.717) is 6.61 Å². The molecule has 3 rings (SSSR count). The number of rotatable bonds is 3. The van der Waals surface area contributed by atoms with Gasteiger partial charge in [0.2, 0.25) is 0 Å². The molecule has 0 amide bonds. The van der Waals surface area contributed by atoms with Gasteiger partial charge in [-0.05, 0) is 38.3 Å². The maximum Gasteiger partial charge on any atom is 0.179 e. The minimum atomic E-state index is -2.96. The molecule has 2 aromatic carbocycles. The van der Waals surface area contributed by atoms with Crippen LogP contribution in [0.2, 0.25) is 0 Å². The third kappa shape index (κ3) is 3.27. The third-order valence-electron chi connectivity index (χ3n) is 4.51. The van der Waals surface area contributed by atoms with Crippen molar-refractivity contribution in [1.29, 1.82) is 0 Å². The summed E-state index contributed by atoms with van der Waals surface area (Å²) in [7, 11) is -2.96. The molecule has 1 fully saturated rings. The number of hydrogen-bond acceptors (Lipinski definition) is 3. The van der Waals surface area contributed by atoms with Crippen molar-refractivity contribution in [3.63, 3.8) is 0 Å². The Morgan fingerprint density at radius 3 is 1.92 bits per heavy atom. The Hall–Kier alpha value is -1.25. The van der Waals surface area contributed by atoms with Gasteiger partial charge in [-0.25, -0.2) is 4.52 Å². The summed E-state index contributed by atoms with van der Waals surface area (Å²) in [4.78, 5) is 13.9. The lowest BCUT2D eigenvalue weighted by Crippen LogP contribution is -2.48. The summed E-state index contributed by atoms with van der Waals surface area (Å²) in [6, 6.07) is 20.6. The van der Waals surface area contributed by atoms with Crippen LogP contribution in [0.5, 0.6) is 0 Å². The zero-order valence-electron chi connectivity index (χ0n) is 14.7. The van der Waals surface area contributed by atoms with Crippen LogP contribution in [0.25, 0.3) is 0 Å². The third-order valence-corrected chi connectivity index (χ3v) is 7.85. The van der Waals surface area contributed by atoms with Crippen LogP contribution < -0.4 is 4.89 Å². The van der Waals surface area contributed by atoms with Gasteiger partial charge in [-0.15, -0.1) is 4.67 Å². The maximum atomic E-state index is 13.9. The van der Waals surface area contributed by atoms with Crippen LogP contribution in [-0.2, 0) is 4.52 Å². The average molecular weight is 343 g/mol. The molecule has 1 unspecified atom stereocenters. The Morgan fingerprint density at radius 2 is 1.46 bits per heavy atom. The molecule has 1 heterocycles. The highest BCUT2D eigenvalue weighted by Crippen LogP contribution is 2.69. The first-order chi connectivity index (χ1) is 11.4. The summed E-state index contributed by atoms with van der Waals surface area (Å²) >= 11 is 0. The van der Waals surface area contributed by atoms with E-state index < -0.39 is 13.0 Å². The molecule has 0 bridgehead atoms. The van der Waals surface area contributed by atoms with Crippen molar-refractivity contribution in [2.75, 3.05) is 13.2 Å². The van der Waals surface area contributed by atoms with Gasteiger partial charge in [-0.3, -0.25) is 0 Å². The van der Waals surface area contributed by atoms with Gasteiger partial charge in [-0.2, -0.15) is 0 Å². The van der Waals surface area contributed by atoms with Crippen molar-refractivity contribution in [2.45, 2.75) is 38.4 Å². The van der Waals surface area contributed by atoms with Gasteiger partial charge in [0, 0.05) is 6.54 Å². The number of benzene rings is 2. The van der Waals surface area contributed by atoms with E-state index in [4.69, 9.17) is 4.52 Å². The van der Waals surface area contributed by atoms with Gasteiger partial charge in [0.25, 0.3) is 0 Å². The highest BCUT2D eigenvalue weighted by molar-refractivity contribution is 7.63. The van der Waals surface area contributed by atoms with E-state index in [1.54, 1.807) is 0 Å².